The molecule has 2 heteroatoms. The highest BCUT2D eigenvalue weighted by molar-refractivity contribution is 9.09. The lowest BCUT2D eigenvalue weighted by atomic mass is 9.71. The van der Waals surface area contributed by atoms with E-state index in [1.165, 1.54) is 54.4 Å². The number of para-hydroxylation sites is 1. The van der Waals surface area contributed by atoms with E-state index in [9.17, 15) is 0 Å². The Morgan fingerprint density at radius 1 is 1.10 bits per heavy atom. The van der Waals surface area contributed by atoms with Crippen molar-refractivity contribution in [1.29, 1.82) is 0 Å². The maximum absolute atomic E-state index is 3.75. The van der Waals surface area contributed by atoms with Crippen LogP contribution in [-0.2, 0) is 6.42 Å². The number of benzene rings is 1. The van der Waals surface area contributed by atoms with Gasteiger partial charge in [0.05, 0.1) is 11.2 Å². The molecule has 148 valence electrons. The Kier molecular flexibility index (Phi) is 3.94. The lowest BCUT2D eigenvalue weighted by Crippen LogP contribution is -2.24. The van der Waals surface area contributed by atoms with Gasteiger partial charge in [0, 0.05) is 15.9 Å². The second-order valence-electron chi connectivity index (χ2n) is 9.64. The standard InChI is InChI=1S/C27H28BrN/c1-27(2)23-9-5-3-7-19(23)21-15-16-22-20-8-4-6-10-24(20)29(26(22)25(21)27)18-13-11-17(28)12-14-18/h4,6-8,10-11,13-14,17,23H,3,5,9,12,15-16H2,1-2H3. The zero-order valence-electron chi connectivity index (χ0n) is 17.3. The average molecular weight is 446 g/mol. The molecule has 6 rings (SSSR count). The number of alkyl halides is 1. The van der Waals surface area contributed by atoms with Gasteiger partial charge in [0.15, 0.2) is 0 Å². The van der Waals surface area contributed by atoms with Crippen molar-refractivity contribution in [1.82, 2.24) is 4.57 Å². The van der Waals surface area contributed by atoms with Crippen molar-refractivity contribution in [3.05, 3.63) is 71.0 Å². The van der Waals surface area contributed by atoms with Gasteiger partial charge >= 0.3 is 0 Å². The van der Waals surface area contributed by atoms with Gasteiger partial charge in [-0.25, -0.2) is 0 Å². The highest BCUT2D eigenvalue weighted by Crippen LogP contribution is 2.61. The number of nitrogens with zero attached hydrogens (tertiary/aromatic N) is 1. The monoisotopic (exact) mass is 445 g/mol. The van der Waals surface area contributed by atoms with Crippen molar-refractivity contribution in [3.8, 4) is 0 Å². The smallest absolute Gasteiger partial charge is 0.0541 e. The highest BCUT2D eigenvalue weighted by atomic mass is 79.9. The fourth-order valence-electron chi connectivity index (χ4n) is 6.47. The Bertz CT molecular complexity index is 1150. The Morgan fingerprint density at radius 3 is 2.79 bits per heavy atom. The summed E-state index contributed by atoms with van der Waals surface area (Å²) in [5.41, 5.74) is 11.0. The van der Waals surface area contributed by atoms with Crippen LogP contribution in [0.4, 0.5) is 0 Å². The molecule has 0 fully saturated rings. The van der Waals surface area contributed by atoms with Gasteiger partial charge < -0.3 is 4.57 Å². The normalized spacial score (nSPS) is 27.4. The summed E-state index contributed by atoms with van der Waals surface area (Å²) in [5, 5.41) is 1.45. The zero-order chi connectivity index (χ0) is 19.8. The molecule has 0 radical (unpaired) electrons. The van der Waals surface area contributed by atoms with Crippen LogP contribution in [0.1, 0.15) is 57.2 Å². The summed E-state index contributed by atoms with van der Waals surface area (Å²) >= 11 is 3.75. The van der Waals surface area contributed by atoms with E-state index in [1.54, 1.807) is 22.3 Å². The second kappa shape index (κ2) is 6.35. The Morgan fingerprint density at radius 2 is 1.97 bits per heavy atom. The van der Waals surface area contributed by atoms with Crippen molar-refractivity contribution in [2.45, 2.75) is 57.2 Å². The third-order valence-corrected chi connectivity index (χ3v) is 8.41. The van der Waals surface area contributed by atoms with Gasteiger partial charge in [-0.15, -0.1) is 0 Å². The van der Waals surface area contributed by atoms with Gasteiger partial charge in [-0.1, -0.05) is 66.2 Å². The highest BCUT2D eigenvalue weighted by Gasteiger charge is 2.48. The first-order chi connectivity index (χ1) is 14.1. The third-order valence-electron chi connectivity index (χ3n) is 7.73. The lowest BCUT2D eigenvalue weighted by Gasteiger charge is -2.34. The number of aromatic nitrogens is 1. The first-order valence-corrected chi connectivity index (χ1v) is 12.1. The molecule has 0 N–H and O–H groups in total. The molecule has 0 aliphatic heterocycles. The summed E-state index contributed by atoms with van der Waals surface area (Å²) in [7, 11) is 0. The van der Waals surface area contributed by atoms with Crippen molar-refractivity contribution in [2.24, 2.45) is 11.3 Å². The minimum absolute atomic E-state index is 0.208. The first-order valence-electron chi connectivity index (χ1n) is 11.2. The van der Waals surface area contributed by atoms with Crippen LogP contribution < -0.4 is 0 Å². The topological polar surface area (TPSA) is 4.93 Å². The summed E-state index contributed by atoms with van der Waals surface area (Å²) in [6.45, 7) is 5.02. The fraction of sp³-hybridized carbons (Fsp3) is 0.407. The molecule has 29 heavy (non-hydrogen) atoms. The molecule has 2 aromatic rings. The van der Waals surface area contributed by atoms with E-state index in [0.717, 1.165) is 6.42 Å². The van der Waals surface area contributed by atoms with Crippen LogP contribution in [0.5, 0.6) is 0 Å². The molecule has 4 aliphatic carbocycles. The number of halogens is 1. The SMILES string of the molecule is CC1(C)C2=C(CCc3c2n(C2=CCC(Br)C=C2)c2ccccc32)C2=CCCCC21. The van der Waals surface area contributed by atoms with E-state index in [-0.39, 0.29) is 5.41 Å². The van der Waals surface area contributed by atoms with E-state index in [2.05, 4.69) is 82.9 Å². The van der Waals surface area contributed by atoms with Crippen LogP contribution in [0.2, 0.25) is 0 Å². The predicted molar refractivity (Wildman–Crippen MR) is 127 cm³/mol. The number of hydrogen-bond acceptors (Lipinski definition) is 0. The molecular weight excluding hydrogens is 418 g/mol. The third kappa shape index (κ3) is 2.45. The fourth-order valence-corrected chi connectivity index (χ4v) is 6.81. The van der Waals surface area contributed by atoms with Crippen molar-refractivity contribution >= 4 is 38.1 Å². The van der Waals surface area contributed by atoms with Gasteiger partial charge in [0.25, 0.3) is 0 Å². The predicted octanol–water partition coefficient (Wildman–Crippen LogP) is 7.67. The van der Waals surface area contributed by atoms with Crippen molar-refractivity contribution < 1.29 is 0 Å². The molecule has 1 aromatic heterocycles. The maximum Gasteiger partial charge on any atom is 0.0541 e. The van der Waals surface area contributed by atoms with Gasteiger partial charge in [0.2, 0.25) is 0 Å². The molecule has 1 nitrogen and oxygen atoms in total. The number of rotatable bonds is 1. The molecule has 0 amide bonds. The molecule has 0 bridgehead atoms. The molecule has 1 heterocycles. The van der Waals surface area contributed by atoms with Gasteiger partial charge in [-0.2, -0.15) is 0 Å². The molecule has 2 unspecified atom stereocenters. The minimum Gasteiger partial charge on any atom is -0.310 e. The molecule has 0 saturated heterocycles. The molecule has 0 saturated carbocycles. The first kappa shape index (κ1) is 18.0. The van der Waals surface area contributed by atoms with E-state index < -0.39 is 0 Å². The Hall–Kier alpha value is -1.80. The largest absolute Gasteiger partial charge is 0.310 e. The van der Waals surface area contributed by atoms with Gasteiger partial charge in [-0.05, 0) is 84.3 Å². The number of fused-ring (bicyclic) bond motifs is 6. The van der Waals surface area contributed by atoms with Gasteiger partial charge in [0.1, 0.15) is 0 Å². The quantitative estimate of drug-likeness (QED) is 0.396. The Labute approximate surface area is 182 Å². The van der Waals surface area contributed by atoms with E-state index in [4.69, 9.17) is 0 Å². The summed E-state index contributed by atoms with van der Waals surface area (Å²) in [6, 6.07) is 9.06. The molecule has 4 aliphatic rings. The van der Waals surface area contributed by atoms with E-state index in [1.807, 2.05) is 0 Å². The molecule has 2 atom stereocenters. The molecular formula is C27H28BrN. The minimum atomic E-state index is 0.208. The van der Waals surface area contributed by atoms with Crippen LogP contribution in [-0.4, -0.2) is 9.39 Å². The number of allylic oxidation sites excluding steroid dienone is 8. The summed E-state index contributed by atoms with van der Waals surface area (Å²) in [4.78, 5) is 0.453. The van der Waals surface area contributed by atoms with Crippen LogP contribution in [0.3, 0.4) is 0 Å². The number of hydrogen-bond donors (Lipinski definition) is 0. The zero-order valence-corrected chi connectivity index (χ0v) is 18.9. The summed E-state index contributed by atoms with van der Waals surface area (Å²) < 4.78 is 2.59. The van der Waals surface area contributed by atoms with Crippen molar-refractivity contribution in [2.75, 3.05) is 0 Å². The molecule has 0 spiro atoms. The summed E-state index contributed by atoms with van der Waals surface area (Å²) in [5.74, 6) is 0.696. The van der Waals surface area contributed by atoms with Crippen LogP contribution in [0.25, 0.3) is 22.2 Å². The molecule has 1 aromatic carbocycles. The van der Waals surface area contributed by atoms with Crippen LogP contribution in [0, 0.1) is 11.3 Å². The van der Waals surface area contributed by atoms with Crippen molar-refractivity contribution in [3.63, 3.8) is 0 Å². The van der Waals surface area contributed by atoms with Crippen LogP contribution in [0.15, 0.2) is 59.7 Å². The van der Waals surface area contributed by atoms with E-state index in [0.29, 0.717) is 10.7 Å². The summed E-state index contributed by atoms with van der Waals surface area (Å²) in [6.07, 6.45) is 17.0. The second-order valence-corrected chi connectivity index (χ2v) is 10.8. The van der Waals surface area contributed by atoms with Gasteiger partial charge in [-0.3, -0.25) is 0 Å². The van der Waals surface area contributed by atoms with Crippen LogP contribution >= 0.6 is 15.9 Å². The Balaban J connectivity index is 1.67. The maximum atomic E-state index is 3.75. The average Bonchev–Trinajstić information content (AvgIpc) is 3.19. The van der Waals surface area contributed by atoms with E-state index >= 15 is 0 Å². The lowest BCUT2D eigenvalue weighted by molar-refractivity contribution is 0.326. The number of aryl methyl sites for hydroxylation is 1.